The van der Waals surface area contributed by atoms with Crippen LogP contribution in [0.25, 0.3) is 11.3 Å². The molecule has 3 rings (SSSR count). The molecule has 0 aliphatic carbocycles. The van der Waals surface area contributed by atoms with E-state index in [0.29, 0.717) is 6.54 Å². The standard InChI is InChI=1S/C16H18N6O/c1-12(22-8-4-7-19-22)16(23)18-9-13-5-3-6-17-15(13)14-10-20-21(2)11-14/h3-8,10-12H,9H2,1-2H3,(H,18,23). The molecule has 7 nitrogen and oxygen atoms in total. The van der Waals surface area contributed by atoms with E-state index in [1.54, 1.807) is 40.2 Å². The van der Waals surface area contributed by atoms with Gasteiger partial charge in [-0.3, -0.25) is 19.1 Å². The number of aromatic nitrogens is 5. The summed E-state index contributed by atoms with van der Waals surface area (Å²) in [5, 5.41) is 11.2. The zero-order valence-electron chi connectivity index (χ0n) is 13.0. The lowest BCUT2D eigenvalue weighted by atomic mass is 10.1. The Kier molecular flexibility index (Phi) is 4.18. The predicted molar refractivity (Wildman–Crippen MR) is 85.2 cm³/mol. The quantitative estimate of drug-likeness (QED) is 0.775. The minimum absolute atomic E-state index is 0.0883. The molecule has 118 valence electrons. The Balaban J connectivity index is 1.72. The van der Waals surface area contributed by atoms with Crippen LogP contribution in [0.4, 0.5) is 0 Å². The van der Waals surface area contributed by atoms with Gasteiger partial charge in [-0.05, 0) is 24.6 Å². The summed E-state index contributed by atoms with van der Waals surface area (Å²) >= 11 is 0. The van der Waals surface area contributed by atoms with E-state index < -0.39 is 0 Å². The third kappa shape index (κ3) is 3.28. The summed E-state index contributed by atoms with van der Waals surface area (Å²) in [6, 6.07) is 5.25. The summed E-state index contributed by atoms with van der Waals surface area (Å²) in [5.41, 5.74) is 2.70. The molecular formula is C16H18N6O. The van der Waals surface area contributed by atoms with Gasteiger partial charge in [0.2, 0.25) is 5.91 Å². The number of carbonyl (C=O) groups excluding carboxylic acids is 1. The van der Waals surface area contributed by atoms with Gasteiger partial charge in [0, 0.05) is 43.9 Å². The maximum atomic E-state index is 12.3. The van der Waals surface area contributed by atoms with Crippen molar-refractivity contribution in [3.63, 3.8) is 0 Å². The third-order valence-corrected chi connectivity index (χ3v) is 3.62. The first-order chi connectivity index (χ1) is 11.1. The van der Waals surface area contributed by atoms with Gasteiger partial charge in [0.1, 0.15) is 6.04 Å². The molecule has 0 fully saturated rings. The van der Waals surface area contributed by atoms with Crippen molar-refractivity contribution in [1.29, 1.82) is 0 Å². The molecule has 0 radical (unpaired) electrons. The van der Waals surface area contributed by atoms with Gasteiger partial charge in [0.15, 0.2) is 0 Å². The number of nitrogens with zero attached hydrogens (tertiary/aromatic N) is 5. The second-order valence-electron chi connectivity index (χ2n) is 5.29. The monoisotopic (exact) mass is 310 g/mol. The van der Waals surface area contributed by atoms with E-state index in [1.807, 2.05) is 32.3 Å². The van der Waals surface area contributed by atoms with E-state index in [2.05, 4.69) is 20.5 Å². The first kappa shape index (κ1) is 15.0. The van der Waals surface area contributed by atoms with Crippen LogP contribution in [-0.4, -0.2) is 30.5 Å². The van der Waals surface area contributed by atoms with E-state index in [1.165, 1.54) is 0 Å². The van der Waals surface area contributed by atoms with Crippen LogP contribution in [-0.2, 0) is 18.4 Å². The number of amides is 1. The molecule has 23 heavy (non-hydrogen) atoms. The van der Waals surface area contributed by atoms with Crippen LogP contribution >= 0.6 is 0 Å². The lowest BCUT2D eigenvalue weighted by molar-refractivity contribution is -0.124. The maximum Gasteiger partial charge on any atom is 0.244 e. The SMILES string of the molecule is CC(C(=O)NCc1cccnc1-c1cnn(C)c1)n1cccn1. The van der Waals surface area contributed by atoms with Gasteiger partial charge in [0.25, 0.3) is 0 Å². The van der Waals surface area contributed by atoms with Gasteiger partial charge in [-0.25, -0.2) is 0 Å². The Hall–Kier alpha value is -2.96. The van der Waals surface area contributed by atoms with Gasteiger partial charge < -0.3 is 5.32 Å². The fraction of sp³-hybridized carbons (Fsp3) is 0.250. The molecule has 1 unspecified atom stereocenters. The lowest BCUT2D eigenvalue weighted by Crippen LogP contribution is -2.31. The fourth-order valence-corrected chi connectivity index (χ4v) is 2.34. The number of aryl methyl sites for hydroxylation is 1. The molecule has 0 aromatic carbocycles. The highest BCUT2D eigenvalue weighted by Gasteiger charge is 2.15. The van der Waals surface area contributed by atoms with Gasteiger partial charge in [-0.1, -0.05) is 6.07 Å². The summed E-state index contributed by atoms with van der Waals surface area (Å²) in [6.45, 7) is 2.22. The van der Waals surface area contributed by atoms with E-state index in [4.69, 9.17) is 0 Å². The molecular weight excluding hydrogens is 292 g/mol. The minimum Gasteiger partial charge on any atom is -0.350 e. The molecule has 0 saturated carbocycles. The van der Waals surface area contributed by atoms with Gasteiger partial charge in [-0.2, -0.15) is 10.2 Å². The summed E-state index contributed by atoms with van der Waals surface area (Å²) in [6.07, 6.45) is 8.83. The molecule has 0 aliphatic heterocycles. The molecule has 0 bridgehead atoms. The Bertz CT molecular complexity index is 793. The third-order valence-electron chi connectivity index (χ3n) is 3.62. The highest BCUT2D eigenvalue weighted by Crippen LogP contribution is 2.20. The molecule has 1 amide bonds. The average Bonchev–Trinajstić information content (AvgIpc) is 3.23. The van der Waals surface area contributed by atoms with Crippen LogP contribution in [0.5, 0.6) is 0 Å². The number of rotatable bonds is 5. The minimum atomic E-state index is -0.358. The number of hydrogen-bond donors (Lipinski definition) is 1. The van der Waals surface area contributed by atoms with Crippen LogP contribution in [0.1, 0.15) is 18.5 Å². The summed E-state index contributed by atoms with van der Waals surface area (Å²) in [5.74, 6) is -0.0883. The van der Waals surface area contributed by atoms with Gasteiger partial charge in [0.05, 0.1) is 11.9 Å². The fourth-order valence-electron chi connectivity index (χ4n) is 2.34. The molecule has 1 atom stereocenters. The lowest BCUT2D eigenvalue weighted by Gasteiger charge is -2.13. The molecule has 0 saturated heterocycles. The van der Waals surface area contributed by atoms with Crippen LogP contribution in [0.15, 0.2) is 49.2 Å². The van der Waals surface area contributed by atoms with Crippen molar-refractivity contribution in [2.45, 2.75) is 19.5 Å². The molecule has 3 aromatic rings. The first-order valence-corrected chi connectivity index (χ1v) is 7.35. The Morgan fingerprint density at radius 1 is 1.30 bits per heavy atom. The predicted octanol–water partition coefficient (Wildman–Crippen LogP) is 1.56. The van der Waals surface area contributed by atoms with Crippen LogP contribution in [0.3, 0.4) is 0 Å². The van der Waals surface area contributed by atoms with E-state index >= 15 is 0 Å². The smallest absolute Gasteiger partial charge is 0.244 e. The highest BCUT2D eigenvalue weighted by atomic mass is 16.2. The van der Waals surface area contributed by atoms with Crippen molar-refractivity contribution in [2.24, 2.45) is 7.05 Å². The second kappa shape index (κ2) is 6.43. The van der Waals surface area contributed by atoms with Crippen molar-refractivity contribution in [1.82, 2.24) is 29.9 Å². The van der Waals surface area contributed by atoms with E-state index in [-0.39, 0.29) is 11.9 Å². The van der Waals surface area contributed by atoms with Crippen molar-refractivity contribution in [3.05, 3.63) is 54.7 Å². The Morgan fingerprint density at radius 2 is 2.17 bits per heavy atom. The Labute approximate surface area is 134 Å². The van der Waals surface area contributed by atoms with Crippen LogP contribution in [0.2, 0.25) is 0 Å². The average molecular weight is 310 g/mol. The summed E-state index contributed by atoms with van der Waals surface area (Å²) in [4.78, 5) is 16.7. The number of hydrogen-bond acceptors (Lipinski definition) is 4. The van der Waals surface area contributed by atoms with Crippen molar-refractivity contribution in [3.8, 4) is 11.3 Å². The van der Waals surface area contributed by atoms with Crippen LogP contribution < -0.4 is 5.32 Å². The van der Waals surface area contributed by atoms with Crippen molar-refractivity contribution >= 4 is 5.91 Å². The van der Waals surface area contributed by atoms with Crippen molar-refractivity contribution < 1.29 is 4.79 Å². The number of carbonyl (C=O) groups is 1. The number of pyridine rings is 1. The second-order valence-corrected chi connectivity index (χ2v) is 5.29. The molecule has 0 spiro atoms. The van der Waals surface area contributed by atoms with Crippen LogP contribution in [0, 0.1) is 0 Å². The molecule has 3 heterocycles. The summed E-state index contributed by atoms with van der Waals surface area (Å²) in [7, 11) is 1.86. The maximum absolute atomic E-state index is 12.3. The zero-order valence-corrected chi connectivity index (χ0v) is 13.0. The van der Waals surface area contributed by atoms with Gasteiger partial charge >= 0.3 is 0 Å². The topological polar surface area (TPSA) is 77.6 Å². The van der Waals surface area contributed by atoms with E-state index in [9.17, 15) is 4.79 Å². The number of nitrogens with one attached hydrogen (secondary N) is 1. The largest absolute Gasteiger partial charge is 0.350 e. The Morgan fingerprint density at radius 3 is 2.87 bits per heavy atom. The molecule has 1 N–H and O–H groups in total. The molecule has 7 heteroatoms. The van der Waals surface area contributed by atoms with E-state index in [0.717, 1.165) is 16.8 Å². The normalized spacial score (nSPS) is 12.1. The highest BCUT2D eigenvalue weighted by molar-refractivity contribution is 5.80. The first-order valence-electron chi connectivity index (χ1n) is 7.35. The van der Waals surface area contributed by atoms with Crippen molar-refractivity contribution in [2.75, 3.05) is 0 Å². The molecule has 0 aliphatic rings. The zero-order chi connectivity index (χ0) is 16.2. The van der Waals surface area contributed by atoms with Gasteiger partial charge in [-0.15, -0.1) is 0 Å². The summed E-state index contributed by atoms with van der Waals surface area (Å²) < 4.78 is 3.35. The molecule has 3 aromatic heterocycles.